The SMILES string of the molecule is CN(C(=O)CCCc1c[nH]c2ccccc12)C1CCCCC1. The molecule has 1 aliphatic rings. The lowest BCUT2D eigenvalue weighted by molar-refractivity contribution is -0.132. The monoisotopic (exact) mass is 298 g/mol. The highest BCUT2D eigenvalue weighted by molar-refractivity contribution is 5.83. The van der Waals surface area contributed by atoms with Crippen LogP contribution in [0.1, 0.15) is 50.5 Å². The molecular formula is C19H26N2O. The number of hydrogen-bond acceptors (Lipinski definition) is 1. The average Bonchev–Trinajstić information content (AvgIpc) is 2.98. The summed E-state index contributed by atoms with van der Waals surface area (Å²) in [5.74, 6) is 0.312. The first-order chi connectivity index (χ1) is 10.8. The second-order valence-electron chi connectivity index (χ2n) is 6.51. The molecular weight excluding hydrogens is 272 g/mol. The molecule has 1 N–H and O–H groups in total. The minimum Gasteiger partial charge on any atom is -0.361 e. The van der Waals surface area contributed by atoms with Gasteiger partial charge in [0.2, 0.25) is 5.91 Å². The van der Waals surface area contributed by atoms with E-state index in [-0.39, 0.29) is 0 Å². The molecule has 1 saturated carbocycles. The third-order valence-electron chi connectivity index (χ3n) is 5.03. The second-order valence-corrected chi connectivity index (χ2v) is 6.51. The number of para-hydroxylation sites is 1. The zero-order chi connectivity index (χ0) is 15.4. The standard InChI is InChI=1S/C19H26N2O/c1-21(16-9-3-2-4-10-16)19(22)13-7-8-15-14-20-18-12-6-5-11-17(15)18/h5-6,11-12,14,16,20H,2-4,7-10,13H2,1H3. The first kappa shape index (κ1) is 15.1. The first-order valence-electron chi connectivity index (χ1n) is 8.56. The van der Waals surface area contributed by atoms with Gasteiger partial charge in [0.05, 0.1) is 0 Å². The van der Waals surface area contributed by atoms with Crippen LogP contribution in [0, 0.1) is 0 Å². The lowest BCUT2D eigenvalue weighted by Gasteiger charge is -2.31. The number of nitrogens with zero attached hydrogens (tertiary/aromatic N) is 1. The van der Waals surface area contributed by atoms with Crippen LogP contribution in [-0.4, -0.2) is 28.9 Å². The van der Waals surface area contributed by atoms with Crippen LogP contribution in [0.5, 0.6) is 0 Å². The minimum absolute atomic E-state index is 0.312. The summed E-state index contributed by atoms with van der Waals surface area (Å²) in [6, 6.07) is 8.85. The Balaban J connectivity index is 1.51. The molecule has 3 rings (SSSR count). The molecule has 1 fully saturated rings. The summed E-state index contributed by atoms with van der Waals surface area (Å²) in [6.07, 6.45) is 10.9. The normalized spacial score (nSPS) is 16.0. The van der Waals surface area contributed by atoms with Crippen LogP contribution in [0.15, 0.2) is 30.5 Å². The van der Waals surface area contributed by atoms with E-state index in [9.17, 15) is 4.79 Å². The highest BCUT2D eigenvalue weighted by atomic mass is 16.2. The molecule has 0 saturated heterocycles. The Bertz CT molecular complexity index is 625. The molecule has 3 heteroatoms. The number of hydrogen-bond donors (Lipinski definition) is 1. The van der Waals surface area contributed by atoms with Gasteiger partial charge in [-0.2, -0.15) is 0 Å². The van der Waals surface area contributed by atoms with E-state index in [0.29, 0.717) is 18.4 Å². The molecule has 0 bridgehead atoms. The van der Waals surface area contributed by atoms with Crippen molar-refractivity contribution < 1.29 is 4.79 Å². The number of nitrogens with one attached hydrogen (secondary N) is 1. The number of H-pyrrole nitrogens is 1. The number of rotatable bonds is 5. The minimum atomic E-state index is 0.312. The molecule has 0 atom stereocenters. The average molecular weight is 298 g/mol. The number of carbonyl (C=O) groups excluding carboxylic acids is 1. The highest BCUT2D eigenvalue weighted by Crippen LogP contribution is 2.23. The molecule has 0 spiro atoms. The van der Waals surface area contributed by atoms with Crippen molar-refractivity contribution in [1.82, 2.24) is 9.88 Å². The molecule has 1 aromatic heterocycles. The lowest BCUT2D eigenvalue weighted by Crippen LogP contribution is -2.38. The molecule has 1 amide bonds. The van der Waals surface area contributed by atoms with Crippen LogP contribution in [-0.2, 0) is 11.2 Å². The molecule has 0 aliphatic heterocycles. The van der Waals surface area contributed by atoms with Gasteiger partial charge in [-0.25, -0.2) is 0 Å². The van der Waals surface area contributed by atoms with Crippen LogP contribution < -0.4 is 0 Å². The lowest BCUT2D eigenvalue weighted by atomic mass is 9.94. The largest absolute Gasteiger partial charge is 0.361 e. The van der Waals surface area contributed by atoms with E-state index in [4.69, 9.17) is 0 Å². The summed E-state index contributed by atoms with van der Waals surface area (Å²) >= 11 is 0. The summed E-state index contributed by atoms with van der Waals surface area (Å²) in [6.45, 7) is 0. The maximum Gasteiger partial charge on any atom is 0.222 e. The van der Waals surface area contributed by atoms with Gasteiger partial charge >= 0.3 is 0 Å². The van der Waals surface area contributed by atoms with Crippen molar-refractivity contribution in [2.45, 2.75) is 57.4 Å². The fourth-order valence-corrected chi connectivity index (χ4v) is 3.62. The fraction of sp³-hybridized carbons (Fsp3) is 0.526. The van der Waals surface area contributed by atoms with Gasteiger partial charge in [0.25, 0.3) is 0 Å². The van der Waals surface area contributed by atoms with E-state index in [1.165, 1.54) is 48.6 Å². The third kappa shape index (κ3) is 3.34. The van der Waals surface area contributed by atoms with Crippen LogP contribution in [0.2, 0.25) is 0 Å². The molecule has 1 aliphatic carbocycles. The smallest absolute Gasteiger partial charge is 0.222 e. The second kappa shape index (κ2) is 6.99. The molecule has 22 heavy (non-hydrogen) atoms. The molecule has 2 aromatic rings. The topological polar surface area (TPSA) is 36.1 Å². The third-order valence-corrected chi connectivity index (χ3v) is 5.03. The zero-order valence-corrected chi connectivity index (χ0v) is 13.5. The maximum atomic E-state index is 12.4. The van der Waals surface area contributed by atoms with Crippen molar-refractivity contribution in [3.05, 3.63) is 36.0 Å². The van der Waals surface area contributed by atoms with Crippen LogP contribution >= 0.6 is 0 Å². The molecule has 0 unspecified atom stereocenters. The van der Waals surface area contributed by atoms with Crippen LogP contribution in [0.4, 0.5) is 0 Å². The molecule has 1 aromatic carbocycles. The quantitative estimate of drug-likeness (QED) is 0.878. The Morgan fingerprint density at radius 1 is 1.23 bits per heavy atom. The predicted octanol–water partition coefficient (Wildman–Crippen LogP) is 4.28. The van der Waals surface area contributed by atoms with Gasteiger partial charge in [-0.1, -0.05) is 37.5 Å². The van der Waals surface area contributed by atoms with Crippen LogP contribution in [0.3, 0.4) is 0 Å². The number of amides is 1. The zero-order valence-electron chi connectivity index (χ0n) is 13.5. The number of benzene rings is 1. The van der Waals surface area contributed by atoms with Crippen molar-refractivity contribution >= 4 is 16.8 Å². The summed E-state index contributed by atoms with van der Waals surface area (Å²) in [5, 5.41) is 1.29. The summed E-state index contributed by atoms with van der Waals surface area (Å²) in [5.41, 5.74) is 2.51. The summed E-state index contributed by atoms with van der Waals surface area (Å²) in [7, 11) is 1.99. The van der Waals surface area contributed by atoms with Gasteiger partial charge in [0.1, 0.15) is 0 Å². The van der Waals surface area contributed by atoms with Crippen molar-refractivity contribution in [2.24, 2.45) is 0 Å². The van der Waals surface area contributed by atoms with E-state index in [1.807, 2.05) is 18.0 Å². The molecule has 118 valence electrons. The van der Waals surface area contributed by atoms with E-state index in [2.05, 4.69) is 29.4 Å². The number of aromatic amines is 1. The molecule has 3 nitrogen and oxygen atoms in total. The van der Waals surface area contributed by atoms with Gasteiger partial charge in [-0.15, -0.1) is 0 Å². The number of fused-ring (bicyclic) bond motifs is 1. The van der Waals surface area contributed by atoms with Crippen molar-refractivity contribution in [1.29, 1.82) is 0 Å². The first-order valence-corrected chi connectivity index (χ1v) is 8.56. The van der Waals surface area contributed by atoms with E-state index in [0.717, 1.165) is 12.8 Å². The Morgan fingerprint density at radius 2 is 2.00 bits per heavy atom. The van der Waals surface area contributed by atoms with Crippen LogP contribution in [0.25, 0.3) is 10.9 Å². The summed E-state index contributed by atoms with van der Waals surface area (Å²) < 4.78 is 0. The number of aromatic nitrogens is 1. The Labute approximate surface area is 132 Å². The Kier molecular flexibility index (Phi) is 4.81. The van der Waals surface area contributed by atoms with Crippen molar-refractivity contribution in [3.63, 3.8) is 0 Å². The number of carbonyl (C=O) groups is 1. The molecule has 1 heterocycles. The van der Waals surface area contributed by atoms with Gasteiger partial charge in [-0.05, 0) is 37.3 Å². The van der Waals surface area contributed by atoms with E-state index < -0.39 is 0 Å². The summed E-state index contributed by atoms with van der Waals surface area (Å²) in [4.78, 5) is 17.7. The van der Waals surface area contributed by atoms with Gasteiger partial charge in [0.15, 0.2) is 0 Å². The highest BCUT2D eigenvalue weighted by Gasteiger charge is 2.21. The number of aryl methyl sites for hydroxylation is 1. The van der Waals surface area contributed by atoms with Gasteiger partial charge in [-0.3, -0.25) is 4.79 Å². The fourth-order valence-electron chi connectivity index (χ4n) is 3.62. The van der Waals surface area contributed by atoms with Crippen molar-refractivity contribution in [3.8, 4) is 0 Å². The molecule has 0 radical (unpaired) electrons. The maximum absolute atomic E-state index is 12.4. The van der Waals surface area contributed by atoms with E-state index >= 15 is 0 Å². The Hall–Kier alpha value is -1.77. The van der Waals surface area contributed by atoms with Gasteiger partial charge < -0.3 is 9.88 Å². The van der Waals surface area contributed by atoms with Crippen molar-refractivity contribution in [2.75, 3.05) is 7.05 Å². The Morgan fingerprint density at radius 3 is 2.82 bits per heavy atom. The predicted molar refractivity (Wildman–Crippen MR) is 90.9 cm³/mol. The van der Waals surface area contributed by atoms with E-state index in [1.54, 1.807) is 0 Å². The van der Waals surface area contributed by atoms with Gasteiger partial charge in [0, 0.05) is 36.6 Å².